The van der Waals surface area contributed by atoms with Crippen molar-refractivity contribution in [3.8, 4) is 0 Å². The lowest BCUT2D eigenvalue weighted by atomic mass is 9.98. The molecule has 2 rings (SSSR count). The van der Waals surface area contributed by atoms with Gasteiger partial charge in [-0.1, -0.05) is 31.9 Å². The molecule has 2 unspecified atom stereocenters. The average molecular weight is 374 g/mol. The van der Waals surface area contributed by atoms with E-state index in [9.17, 15) is 9.59 Å². The number of rotatable bonds is 3. The van der Waals surface area contributed by atoms with Crippen LogP contribution in [0.15, 0.2) is 22.7 Å². The van der Waals surface area contributed by atoms with E-state index in [2.05, 4.69) is 21.2 Å². The van der Waals surface area contributed by atoms with Crippen LogP contribution in [-0.4, -0.2) is 24.4 Å². The standard InChI is InChI=1S/C15H18BrClN2O2/c1-3-9(2)14-15(21)19(7-6-13(20)18-14)10-4-5-12(17)11(16)8-10/h4-5,8-9,14H,3,6-7H2,1-2H3,(H,18,20). The van der Waals surface area contributed by atoms with E-state index in [1.165, 1.54) is 0 Å². The summed E-state index contributed by atoms with van der Waals surface area (Å²) in [5.41, 5.74) is 0.751. The van der Waals surface area contributed by atoms with Crippen molar-refractivity contribution in [2.75, 3.05) is 11.4 Å². The molecule has 21 heavy (non-hydrogen) atoms. The van der Waals surface area contributed by atoms with E-state index < -0.39 is 6.04 Å². The summed E-state index contributed by atoms with van der Waals surface area (Å²) in [4.78, 5) is 26.3. The van der Waals surface area contributed by atoms with Crippen molar-refractivity contribution in [1.29, 1.82) is 0 Å². The van der Waals surface area contributed by atoms with Gasteiger partial charge in [-0.25, -0.2) is 0 Å². The van der Waals surface area contributed by atoms with E-state index in [1.54, 1.807) is 17.0 Å². The first-order chi connectivity index (χ1) is 9.93. The number of carbonyl (C=O) groups is 2. The summed E-state index contributed by atoms with van der Waals surface area (Å²) in [6.45, 7) is 4.37. The topological polar surface area (TPSA) is 49.4 Å². The van der Waals surface area contributed by atoms with Gasteiger partial charge in [-0.15, -0.1) is 0 Å². The van der Waals surface area contributed by atoms with Crippen molar-refractivity contribution in [2.45, 2.75) is 32.7 Å². The molecule has 114 valence electrons. The molecule has 0 spiro atoms. The van der Waals surface area contributed by atoms with E-state index in [1.807, 2.05) is 19.9 Å². The van der Waals surface area contributed by atoms with Crippen LogP contribution in [0.25, 0.3) is 0 Å². The molecular weight excluding hydrogens is 356 g/mol. The second-order valence-corrected chi connectivity index (χ2v) is 6.53. The van der Waals surface area contributed by atoms with Crippen molar-refractivity contribution < 1.29 is 9.59 Å². The predicted octanol–water partition coefficient (Wildman–Crippen LogP) is 3.37. The van der Waals surface area contributed by atoms with Gasteiger partial charge in [0, 0.05) is 23.1 Å². The highest BCUT2D eigenvalue weighted by molar-refractivity contribution is 9.10. The van der Waals surface area contributed by atoms with Crippen LogP contribution in [-0.2, 0) is 9.59 Å². The predicted molar refractivity (Wildman–Crippen MR) is 87.5 cm³/mol. The maximum atomic E-state index is 12.8. The summed E-state index contributed by atoms with van der Waals surface area (Å²) in [7, 11) is 0. The molecule has 2 atom stereocenters. The zero-order valence-electron chi connectivity index (χ0n) is 12.0. The summed E-state index contributed by atoms with van der Waals surface area (Å²) < 4.78 is 0.734. The Morgan fingerprint density at radius 1 is 1.48 bits per heavy atom. The fraction of sp³-hybridized carbons (Fsp3) is 0.467. The van der Waals surface area contributed by atoms with Crippen molar-refractivity contribution in [3.63, 3.8) is 0 Å². The second-order valence-electron chi connectivity index (χ2n) is 5.27. The third kappa shape index (κ3) is 3.58. The van der Waals surface area contributed by atoms with E-state index in [0.29, 0.717) is 18.0 Å². The summed E-state index contributed by atoms with van der Waals surface area (Å²) >= 11 is 9.37. The van der Waals surface area contributed by atoms with Gasteiger partial charge in [0.2, 0.25) is 11.8 Å². The fourth-order valence-corrected chi connectivity index (χ4v) is 2.81. The summed E-state index contributed by atoms with van der Waals surface area (Å²) in [5, 5.41) is 3.43. The first kappa shape index (κ1) is 16.3. The highest BCUT2D eigenvalue weighted by Crippen LogP contribution is 2.29. The van der Waals surface area contributed by atoms with Crippen molar-refractivity contribution >= 4 is 45.0 Å². The quantitative estimate of drug-likeness (QED) is 0.883. The van der Waals surface area contributed by atoms with Gasteiger partial charge in [0.1, 0.15) is 6.04 Å². The Labute approximate surface area is 138 Å². The molecular formula is C15H18BrClN2O2. The van der Waals surface area contributed by atoms with E-state index in [0.717, 1.165) is 16.6 Å². The Hall–Kier alpha value is -1.07. The van der Waals surface area contributed by atoms with Crippen LogP contribution in [0.2, 0.25) is 5.02 Å². The molecule has 1 aliphatic rings. The first-order valence-electron chi connectivity index (χ1n) is 6.99. The Morgan fingerprint density at radius 2 is 2.19 bits per heavy atom. The zero-order valence-corrected chi connectivity index (χ0v) is 14.4. The molecule has 1 heterocycles. The third-order valence-corrected chi connectivity index (χ3v) is 5.05. The third-order valence-electron chi connectivity index (χ3n) is 3.84. The molecule has 1 aromatic rings. The number of hydrogen-bond acceptors (Lipinski definition) is 2. The molecule has 4 nitrogen and oxygen atoms in total. The summed E-state index contributed by atoms with van der Waals surface area (Å²) in [5.74, 6) is -0.0496. The zero-order chi connectivity index (χ0) is 15.6. The van der Waals surface area contributed by atoms with E-state index in [-0.39, 0.29) is 17.7 Å². The van der Waals surface area contributed by atoms with Gasteiger partial charge in [-0.3, -0.25) is 9.59 Å². The molecule has 1 aromatic carbocycles. The van der Waals surface area contributed by atoms with Gasteiger partial charge in [0.15, 0.2) is 0 Å². The van der Waals surface area contributed by atoms with Gasteiger partial charge in [0.25, 0.3) is 0 Å². The number of halogens is 2. The molecule has 1 saturated heterocycles. The van der Waals surface area contributed by atoms with Crippen LogP contribution in [0, 0.1) is 5.92 Å². The van der Waals surface area contributed by atoms with Crippen LogP contribution in [0.1, 0.15) is 26.7 Å². The molecule has 6 heteroatoms. The molecule has 1 aliphatic heterocycles. The molecule has 0 saturated carbocycles. The molecule has 0 bridgehead atoms. The Kier molecular flexibility index (Phi) is 5.27. The highest BCUT2D eigenvalue weighted by Gasteiger charge is 2.33. The number of anilines is 1. The van der Waals surface area contributed by atoms with Crippen molar-refractivity contribution in [2.24, 2.45) is 5.92 Å². The van der Waals surface area contributed by atoms with Gasteiger partial charge < -0.3 is 10.2 Å². The maximum Gasteiger partial charge on any atom is 0.249 e. The van der Waals surface area contributed by atoms with Crippen LogP contribution in [0.5, 0.6) is 0 Å². The van der Waals surface area contributed by atoms with Crippen LogP contribution in [0.3, 0.4) is 0 Å². The van der Waals surface area contributed by atoms with Crippen molar-refractivity contribution in [1.82, 2.24) is 5.32 Å². The van der Waals surface area contributed by atoms with Gasteiger partial charge in [-0.05, 0) is 40.0 Å². The molecule has 1 N–H and O–H groups in total. The normalized spacial score (nSPS) is 21.0. The minimum Gasteiger partial charge on any atom is -0.344 e. The van der Waals surface area contributed by atoms with E-state index in [4.69, 9.17) is 11.6 Å². The number of nitrogens with zero attached hydrogens (tertiary/aromatic N) is 1. The molecule has 2 amide bonds. The lowest BCUT2D eigenvalue weighted by Gasteiger charge is -2.27. The minimum absolute atomic E-state index is 0.0653. The van der Waals surface area contributed by atoms with Gasteiger partial charge >= 0.3 is 0 Å². The van der Waals surface area contributed by atoms with Crippen molar-refractivity contribution in [3.05, 3.63) is 27.7 Å². The monoisotopic (exact) mass is 372 g/mol. The Bertz CT molecular complexity index is 565. The number of amides is 2. The van der Waals surface area contributed by atoms with Crippen LogP contribution < -0.4 is 10.2 Å². The van der Waals surface area contributed by atoms with Crippen LogP contribution >= 0.6 is 27.5 Å². The number of benzene rings is 1. The molecule has 0 radical (unpaired) electrons. The molecule has 1 fully saturated rings. The summed E-state index contributed by atoms with van der Waals surface area (Å²) in [6.07, 6.45) is 1.13. The van der Waals surface area contributed by atoms with Gasteiger partial charge in [0.05, 0.1) is 5.02 Å². The lowest BCUT2D eigenvalue weighted by molar-refractivity contribution is -0.126. The average Bonchev–Trinajstić information content (AvgIpc) is 2.61. The minimum atomic E-state index is -0.473. The molecule has 0 aliphatic carbocycles. The smallest absolute Gasteiger partial charge is 0.249 e. The lowest BCUT2D eigenvalue weighted by Crippen LogP contribution is -2.48. The Balaban J connectivity index is 2.34. The highest BCUT2D eigenvalue weighted by atomic mass is 79.9. The summed E-state index contributed by atoms with van der Waals surface area (Å²) in [6, 6.07) is 4.88. The first-order valence-corrected chi connectivity index (χ1v) is 8.17. The largest absolute Gasteiger partial charge is 0.344 e. The number of hydrogen-bond donors (Lipinski definition) is 1. The molecule has 0 aromatic heterocycles. The van der Waals surface area contributed by atoms with Gasteiger partial charge in [-0.2, -0.15) is 0 Å². The number of carbonyl (C=O) groups excluding carboxylic acids is 2. The Morgan fingerprint density at radius 3 is 2.81 bits per heavy atom. The maximum absolute atomic E-state index is 12.8. The van der Waals surface area contributed by atoms with Crippen LogP contribution in [0.4, 0.5) is 5.69 Å². The second kappa shape index (κ2) is 6.79. The SMILES string of the molecule is CCC(C)C1NC(=O)CCN(c2ccc(Cl)c(Br)c2)C1=O. The fourth-order valence-electron chi connectivity index (χ4n) is 2.33. The number of nitrogens with one attached hydrogen (secondary N) is 1. The van der Waals surface area contributed by atoms with E-state index >= 15 is 0 Å².